The molecule has 3 rings (SSSR count). The first kappa shape index (κ1) is 24.4. The first-order valence-corrected chi connectivity index (χ1v) is 11.3. The minimum atomic E-state index is -4.93. The number of halogens is 5. The van der Waals surface area contributed by atoms with Crippen LogP contribution in [0.4, 0.5) is 23.2 Å². The molecule has 0 radical (unpaired) electrons. The van der Waals surface area contributed by atoms with E-state index in [1.165, 1.54) is 36.6 Å². The lowest BCUT2D eigenvalue weighted by molar-refractivity contribution is -0.142. The molecule has 1 amide bonds. The van der Waals surface area contributed by atoms with Gasteiger partial charge in [-0.25, -0.2) is 13.4 Å². The van der Waals surface area contributed by atoms with Crippen molar-refractivity contribution in [3.63, 3.8) is 0 Å². The molecule has 1 heterocycles. The first-order chi connectivity index (χ1) is 15.3. The molecule has 1 unspecified atom stereocenters. The van der Waals surface area contributed by atoms with Gasteiger partial charge in [-0.15, -0.1) is 10.2 Å². The van der Waals surface area contributed by atoms with Gasteiger partial charge in [0.2, 0.25) is 0 Å². The summed E-state index contributed by atoms with van der Waals surface area (Å²) in [6, 6.07) is 8.71. The van der Waals surface area contributed by atoms with E-state index in [1.54, 1.807) is 0 Å². The number of benzene rings is 2. The zero-order valence-corrected chi connectivity index (χ0v) is 18.5. The molecule has 33 heavy (non-hydrogen) atoms. The Morgan fingerprint density at radius 3 is 2.52 bits per heavy atom. The van der Waals surface area contributed by atoms with Crippen molar-refractivity contribution in [3.8, 4) is 11.6 Å². The second-order valence-electron chi connectivity index (χ2n) is 6.85. The highest BCUT2D eigenvalue weighted by Gasteiger charge is 2.38. The number of rotatable bonds is 5. The van der Waals surface area contributed by atoms with E-state index in [9.17, 15) is 26.6 Å². The zero-order valence-electron chi connectivity index (χ0n) is 17.0. The van der Waals surface area contributed by atoms with E-state index >= 15 is 0 Å². The van der Waals surface area contributed by atoms with Crippen molar-refractivity contribution in [2.45, 2.75) is 18.0 Å². The van der Waals surface area contributed by atoms with E-state index in [2.05, 4.69) is 15.5 Å². The molecule has 2 N–H and O–H groups in total. The highest BCUT2D eigenvalue weighted by atomic mass is 35.5. The highest BCUT2D eigenvalue weighted by Crippen LogP contribution is 2.36. The van der Waals surface area contributed by atoms with Gasteiger partial charge in [0.05, 0.1) is 9.73 Å². The lowest BCUT2D eigenvalue weighted by Gasteiger charge is -2.16. The summed E-state index contributed by atoms with van der Waals surface area (Å²) in [7, 11) is -3.12. The summed E-state index contributed by atoms with van der Waals surface area (Å²) < 4.78 is 79.1. The van der Waals surface area contributed by atoms with Gasteiger partial charge >= 0.3 is 6.18 Å². The van der Waals surface area contributed by atoms with Gasteiger partial charge in [-0.1, -0.05) is 17.7 Å². The van der Waals surface area contributed by atoms with E-state index in [0.717, 1.165) is 19.1 Å². The van der Waals surface area contributed by atoms with Crippen molar-refractivity contribution in [2.75, 3.05) is 11.6 Å². The Labute approximate surface area is 190 Å². The number of nitrogens with zero attached hydrogens (tertiary/aromatic N) is 2. The van der Waals surface area contributed by atoms with Crippen molar-refractivity contribution in [2.24, 2.45) is 0 Å². The van der Waals surface area contributed by atoms with E-state index in [0.29, 0.717) is 0 Å². The number of amides is 1. The maximum atomic E-state index is 14.1. The minimum absolute atomic E-state index is 0.0592. The topological polar surface area (TPSA) is 105 Å². The van der Waals surface area contributed by atoms with Gasteiger partial charge in [-0.3, -0.25) is 4.79 Å². The third-order valence-electron chi connectivity index (χ3n) is 4.32. The molecule has 13 heteroatoms. The average Bonchev–Trinajstić information content (AvgIpc) is 2.69. The molecule has 0 fully saturated rings. The Hall–Kier alpha value is -3.25. The molecule has 0 aliphatic rings. The van der Waals surface area contributed by atoms with E-state index in [1.807, 2.05) is 0 Å². The standard InChI is InChI=1S/C20H15ClF4N4O3S/c1-10-16(18(30)27-12-4-3-5-13(9-12)33(2,26)31)19(29-28-17(10)20(23,24)25)32-15-8-11(21)6-7-14(15)22/h3-9,26H,1-2H3,(H,27,30). The SMILES string of the molecule is Cc1c(C(F)(F)F)nnc(Oc2cc(Cl)ccc2F)c1C(=O)Nc1cccc(S(C)(=N)=O)c1. The Kier molecular flexibility index (Phi) is 6.61. The molecule has 3 aromatic rings. The Balaban J connectivity index is 2.09. The number of nitrogens with one attached hydrogen (secondary N) is 2. The lowest BCUT2D eigenvalue weighted by atomic mass is 10.1. The van der Waals surface area contributed by atoms with Crippen LogP contribution in [0.3, 0.4) is 0 Å². The van der Waals surface area contributed by atoms with Crippen LogP contribution in [-0.4, -0.2) is 26.6 Å². The lowest BCUT2D eigenvalue weighted by Crippen LogP contribution is -2.21. The van der Waals surface area contributed by atoms with Crippen LogP contribution in [0.2, 0.25) is 5.02 Å². The molecule has 0 saturated heterocycles. The van der Waals surface area contributed by atoms with Gasteiger partial charge in [0.1, 0.15) is 5.56 Å². The molecular weight excluding hydrogens is 488 g/mol. The van der Waals surface area contributed by atoms with Crippen LogP contribution in [0.15, 0.2) is 47.4 Å². The fourth-order valence-corrected chi connectivity index (χ4v) is 3.63. The normalized spacial score (nSPS) is 13.3. The summed E-state index contributed by atoms with van der Waals surface area (Å²) >= 11 is 5.81. The number of hydrogen-bond acceptors (Lipinski definition) is 6. The Morgan fingerprint density at radius 2 is 1.88 bits per heavy atom. The number of alkyl halides is 3. The van der Waals surface area contributed by atoms with Crippen LogP contribution in [0.1, 0.15) is 21.6 Å². The highest BCUT2D eigenvalue weighted by molar-refractivity contribution is 7.91. The minimum Gasteiger partial charge on any atom is -0.434 e. The monoisotopic (exact) mass is 502 g/mol. The molecule has 0 saturated carbocycles. The molecule has 2 aromatic carbocycles. The average molecular weight is 503 g/mol. The summed E-state index contributed by atoms with van der Waals surface area (Å²) in [4.78, 5) is 13.1. The molecule has 0 bridgehead atoms. The van der Waals surface area contributed by atoms with Gasteiger partial charge < -0.3 is 10.1 Å². The molecule has 7 nitrogen and oxygen atoms in total. The molecule has 174 valence electrons. The van der Waals surface area contributed by atoms with Crippen LogP contribution < -0.4 is 10.1 Å². The quantitative estimate of drug-likeness (QED) is 0.437. The van der Waals surface area contributed by atoms with Crippen LogP contribution in [0.5, 0.6) is 11.6 Å². The van der Waals surface area contributed by atoms with Gasteiger partial charge in [-0.05, 0) is 42.8 Å². The van der Waals surface area contributed by atoms with Crippen molar-refractivity contribution in [3.05, 3.63) is 70.1 Å². The molecule has 1 atom stereocenters. The summed E-state index contributed by atoms with van der Waals surface area (Å²) in [6.45, 7) is 0.993. The fourth-order valence-electron chi connectivity index (χ4n) is 2.78. The Morgan fingerprint density at radius 1 is 1.18 bits per heavy atom. The van der Waals surface area contributed by atoms with Gasteiger partial charge in [0.15, 0.2) is 17.3 Å². The maximum absolute atomic E-state index is 14.1. The number of aromatic nitrogens is 2. The summed E-state index contributed by atoms with van der Waals surface area (Å²) in [5.41, 5.74) is -2.62. The zero-order chi connectivity index (χ0) is 24.6. The number of ether oxygens (including phenoxy) is 1. The third-order valence-corrected chi connectivity index (χ3v) is 5.71. The number of hydrogen-bond donors (Lipinski definition) is 2. The van der Waals surface area contributed by atoms with Gasteiger partial charge in [-0.2, -0.15) is 13.2 Å². The van der Waals surface area contributed by atoms with Crippen LogP contribution in [0.25, 0.3) is 0 Å². The maximum Gasteiger partial charge on any atom is 0.435 e. The van der Waals surface area contributed by atoms with Crippen molar-refractivity contribution in [1.29, 1.82) is 4.78 Å². The summed E-state index contributed by atoms with van der Waals surface area (Å²) in [6.07, 6.45) is -3.75. The first-order valence-electron chi connectivity index (χ1n) is 9.00. The second kappa shape index (κ2) is 8.94. The fraction of sp³-hybridized carbons (Fsp3) is 0.150. The van der Waals surface area contributed by atoms with Crippen LogP contribution in [-0.2, 0) is 15.9 Å². The van der Waals surface area contributed by atoms with E-state index in [-0.39, 0.29) is 15.6 Å². The molecular formula is C20H15ClF4N4O3S. The van der Waals surface area contributed by atoms with E-state index < -0.39 is 56.1 Å². The predicted octanol–water partition coefficient (Wildman–Crippen LogP) is 5.68. The summed E-state index contributed by atoms with van der Waals surface area (Å²) in [5, 5.41) is 8.88. The number of carbonyl (C=O) groups is 1. The van der Waals surface area contributed by atoms with Crippen LogP contribution >= 0.6 is 11.6 Å². The number of carbonyl (C=O) groups excluding carboxylic acids is 1. The second-order valence-corrected chi connectivity index (χ2v) is 9.45. The molecule has 0 aliphatic heterocycles. The number of anilines is 1. The molecule has 1 aromatic heterocycles. The van der Waals surface area contributed by atoms with E-state index in [4.69, 9.17) is 21.1 Å². The smallest absolute Gasteiger partial charge is 0.434 e. The van der Waals surface area contributed by atoms with Crippen molar-refractivity contribution >= 4 is 32.9 Å². The van der Waals surface area contributed by atoms with Gasteiger partial charge in [0.25, 0.3) is 11.8 Å². The molecule has 0 aliphatic carbocycles. The third kappa shape index (κ3) is 5.57. The predicted molar refractivity (Wildman–Crippen MR) is 113 cm³/mol. The Bertz CT molecular complexity index is 1350. The molecule has 0 spiro atoms. The van der Waals surface area contributed by atoms with Gasteiger partial charge in [0, 0.05) is 27.9 Å². The summed E-state index contributed by atoms with van der Waals surface area (Å²) in [5.74, 6) is -3.14. The van der Waals surface area contributed by atoms with Crippen LogP contribution in [0, 0.1) is 17.5 Å². The van der Waals surface area contributed by atoms with Crippen molar-refractivity contribution in [1.82, 2.24) is 10.2 Å². The largest absolute Gasteiger partial charge is 0.435 e. The van der Waals surface area contributed by atoms with Crippen molar-refractivity contribution < 1.29 is 31.3 Å².